The Balaban J connectivity index is 4.87. The third-order valence-electron chi connectivity index (χ3n) is 2.05. The van der Waals surface area contributed by atoms with Crippen LogP contribution in [0, 0.1) is 0 Å². The van der Waals surface area contributed by atoms with E-state index in [1.165, 1.54) is 26.1 Å². The number of nitrogens with zero attached hydrogens (tertiary/aromatic N) is 2. The monoisotopic (exact) mass is 282 g/mol. The number of carbonyl (C=O) groups excluding carboxylic acids is 1. The van der Waals surface area contributed by atoms with Crippen LogP contribution in [0.15, 0.2) is 0 Å². The Hall–Kier alpha value is -1.19. The van der Waals surface area contributed by atoms with E-state index in [1.54, 1.807) is 0 Å². The molecule has 1 amide bonds. The number of hydrogen-bond donors (Lipinski definition) is 1. The maximum Gasteiger partial charge on any atom is 0.320 e. The van der Waals surface area contributed by atoms with Crippen LogP contribution in [-0.2, 0) is 24.3 Å². The molecule has 9 heteroatoms. The van der Waals surface area contributed by atoms with Crippen LogP contribution < -0.4 is 0 Å². The largest absolute Gasteiger partial charge is 0.480 e. The second-order valence-electron chi connectivity index (χ2n) is 3.76. The van der Waals surface area contributed by atoms with Gasteiger partial charge in [0.1, 0.15) is 0 Å². The molecule has 0 unspecified atom stereocenters. The number of sulfonamides is 1. The van der Waals surface area contributed by atoms with Crippen molar-refractivity contribution in [1.82, 2.24) is 9.21 Å². The Bertz CT molecular complexity index is 392. The minimum Gasteiger partial charge on any atom is -0.480 e. The number of carboxylic acid groups (broad SMARTS) is 1. The normalized spacial score (nSPS) is 11.6. The van der Waals surface area contributed by atoms with E-state index in [4.69, 9.17) is 9.84 Å². The van der Waals surface area contributed by atoms with E-state index in [2.05, 4.69) is 0 Å². The highest BCUT2D eigenvalue weighted by Gasteiger charge is 2.27. The number of methoxy groups -OCH3 is 1. The number of hydrogen-bond acceptors (Lipinski definition) is 5. The van der Waals surface area contributed by atoms with E-state index in [-0.39, 0.29) is 13.2 Å². The predicted octanol–water partition coefficient (Wildman–Crippen LogP) is -1.56. The molecule has 0 saturated carbocycles. The molecule has 0 rings (SSSR count). The predicted molar refractivity (Wildman–Crippen MR) is 63.6 cm³/mol. The lowest BCUT2D eigenvalue weighted by Crippen LogP contribution is -2.43. The molecule has 0 radical (unpaired) electrons. The van der Waals surface area contributed by atoms with Crippen LogP contribution in [0.3, 0.4) is 0 Å². The Morgan fingerprint density at radius 2 is 1.83 bits per heavy atom. The van der Waals surface area contributed by atoms with Crippen molar-refractivity contribution in [2.24, 2.45) is 0 Å². The number of carbonyl (C=O) groups is 2. The fraction of sp³-hybridized carbons (Fsp3) is 0.778. The summed E-state index contributed by atoms with van der Waals surface area (Å²) in [6.45, 7) is -0.378. The second-order valence-corrected chi connectivity index (χ2v) is 5.73. The van der Waals surface area contributed by atoms with Gasteiger partial charge in [-0.25, -0.2) is 8.42 Å². The average Bonchev–Trinajstić information content (AvgIpc) is 2.21. The molecule has 0 aliphatic heterocycles. The van der Waals surface area contributed by atoms with Crippen LogP contribution in [0.2, 0.25) is 0 Å². The molecule has 0 heterocycles. The molecule has 0 aliphatic rings. The summed E-state index contributed by atoms with van der Waals surface area (Å²) in [5.74, 6) is -2.94. The fourth-order valence-electron chi connectivity index (χ4n) is 1.05. The summed E-state index contributed by atoms with van der Waals surface area (Å²) in [5.41, 5.74) is 0. The van der Waals surface area contributed by atoms with Gasteiger partial charge in [0.15, 0.2) is 5.75 Å². The van der Waals surface area contributed by atoms with Gasteiger partial charge in [-0.05, 0) is 0 Å². The molecule has 1 N–H and O–H groups in total. The minimum atomic E-state index is -4.02. The molecule has 0 atom stereocenters. The third kappa shape index (κ3) is 5.94. The van der Waals surface area contributed by atoms with Crippen molar-refractivity contribution in [3.8, 4) is 0 Å². The standard InChI is InChI=1S/C9H18N2O6S/c1-10(2)8(12)6-11(4-5-17-3)18(15,16)7-9(13)14/h4-7H2,1-3H3,(H,13,14). The summed E-state index contributed by atoms with van der Waals surface area (Å²) in [6, 6.07) is 0. The van der Waals surface area contributed by atoms with Gasteiger partial charge in [0, 0.05) is 27.7 Å². The summed E-state index contributed by atoms with van der Waals surface area (Å²) < 4.78 is 29.0. The maximum atomic E-state index is 11.7. The zero-order chi connectivity index (χ0) is 14.3. The zero-order valence-corrected chi connectivity index (χ0v) is 11.4. The van der Waals surface area contributed by atoms with Gasteiger partial charge < -0.3 is 14.7 Å². The van der Waals surface area contributed by atoms with Crippen molar-refractivity contribution < 1.29 is 27.9 Å². The first-order valence-corrected chi connectivity index (χ1v) is 6.70. The Morgan fingerprint density at radius 1 is 1.28 bits per heavy atom. The SMILES string of the molecule is COCCN(CC(=O)N(C)C)S(=O)(=O)CC(=O)O. The minimum absolute atomic E-state index is 0.0638. The Morgan fingerprint density at radius 3 is 2.22 bits per heavy atom. The third-order valence-corrected chi connectivity index (χ3v) is 3.76. The van der Waals surface area contributed by atoms with Crippen LogP contribution in [0.25, 0.3) is 0 Å². The van der Waals surface area contributed by atoms with Crippen molar-refractivity contribution in [1.29, 1.82) is 0 Å². The molecule has 8 nitrogen and oxygen atoms in total. The summed E-state index contributed by atoms with van der Waals surface area (Å²) in [7, 11) is 0.342. The van der Waals surface area contributed by atoms with Gasteiger partial charge in [0.25, 0.3) is 0 Å². The Kier molecular flexibility index (Phi) is 6.81. The van der Waals surface area contributed by atoms with Gasteiger partial charge in [-0.15, -0.1) is 0 Å². The van der Waals surface area contributed by atoms with E-state index >= 15 is 0 Å². The summed E-state index contributed by atoms with van der Waals surface area (Å²) in [5, 5.41) is 8.53. The second kappa shape index (κ2) is 7.29. The molecule has 106 valence electrons. The topological polar surface area (TPSA) is 104 Å². The molecule has 0 saturated heterocycles. The first kappa shape index (κ1) is 16.8. The van der Waals surface area contributed by atoms with Gasteiger partial charge in [0.2, 0.25) is 15.9 Å². The molecule has 0 spiro atoms. The first-order chi connectivity index (χ1) is 8.20. The van der Waals surface area contributed by atoms with Crippen LogP contribution in [0.5, 0.6) is 0 Å². The van der Waals surface area contributed by atoms with Crippen molar-refractivity contribution in [2.75, 3.05) is 46.7 Å². The number of carboxylic acids is 1. The van der Waals surface area contributed by atoms with Crippen LogP contribution >= 0.6 is 0 Å². The van der Waals surface area contributed by atoms with Crippen molar-refractivity contribution in [3.63, 3.8) is 0 Å². The highest BCUT2D eigenvalue weighted by Crippen LogP contribution is 2.02. The summed E-state index contributed by atoms with van der Waals surface area (Å²) in [6.07, 6.45) is 0. The highest BCUT2D eigenvalue weighted by atomic mass is 32.2. The highest BCUT2D eigenvalue weighted by molar-refractivity contribution is 7.89. The van der Waals surface area contributed by atoms with Crippen molar-refractivity contribution >= 4 is 21.9 Å². The Labute approximate surface area is 106 Å². The van der Waals surface area contributed by atoms with Gasteiger partial charge >= 0.3 is 5.97 Å². The molecular formula is C9H18N2O6S. The molecular weight excluding hydrogens is 264 g/mol. The van der Waals surface area contributed by atoms with E-state index in [9.17, 15) is 18.0 Å². The number of likely N-dealkylation sites (N-methyl/N-ethyl adjacent to an activating group) is 1. The summed E-state index contributed by atoms with van der Waals surface area (Å²) in [4.78, 5) is 23.2. The number of rotatable bonds is 8. The maximum absolute atomic E-state index is 11.7. The quantitative estimate of drug-likeness (QED) is 0.577. The van der Waals surface area contributed by atoms with Crippen molar-refractivity contribution in [3.05, 3.63) is 0 Å². The van der Waals surface area contributed by atoms with Gasteiger partial charge in [-0.3, -0.25) is 9.59 Å². The van der Waals surface area contributed by atoms with Gasteiger partial charge in [0.05, 0.1) is 13.2 Å². The van der Waals surface area contributed by atoms with Crippen LogP contribution in [-0.4, -0.2) is 81.3 Å². The van der Waals surface area contributed by atoms with Gasteiger partial charge in [-0.2, -0.15) is 4.31 Å². The van der Waals surface area contributed by atoms with E-state index in [0.717, 1.165) is 4.31 Å². The molecule has 0 aromatic heterocycles. The first-order valence-electron chi connectivity index (χ1n) is 5.09. The number of amides is 1. The molecule has 0 bridgehead atoms. The molecule has 0 fully saturated rings. The fourth-order valence-corrected chi connectivity index (χ4v) is 2.20. The molecule has 18 heavy (non-hydrogen) atoms. The smallest absolute Gasteiger partial charge is 0.320 e. The summed E-state index contributed by atoms with van der Waals surface area (Å²) >= 11 is 0. The zero-order valence-electron chi connectivity index (χ0n) is 10.6. The van der Waals surface area contributed by atoms with Gasteiger partial charge in [-0.1, -0.05) is 0 Å². The van der Waals surface area contributed by atoms with Crippen LogP contribution in [0.4, 0.5) is 0 Å². The number of ether oxygens (including phenoxy) is 1. The molecule has 0 aromatic carbocycles. The lowest BCUT2D eigenvalue weighted by atomic mass is 10.5. The molecule has 0 aliphatic carbocycles. The lowest BCUT2D eigenvalue weighted by Gasteiger charge is -2.22. The number of aliphatic carboxylic acids is 1. The van der Waals surface area contributed by atoms with E-state index in [1.807, 2.05) is 0 Å². The van der Waals surface area contributed by atoms with Crippen LogP contribution in [0.1, 0.15) is 0 Å². The van der Waals surface area contributed by atoms with E-state index in [0.29, 0.717) is 0 Å². The van der Waals surface area contributed by atoms with E-state index < -0.39 is 34.2 Å². The van der Waals surface area contributed by atoms with Crippen molar-refractivity contribution in [2.45, 2.75) is 0 Å². The lowest BCUT2D eigenvalue weighted by molar-refractivity contribution is -0.134. The average molecular weight is 282 g/mol. The molecule has 0 aromatic rings.